The van der Waals surface area contributed by atoms with Gasteiger partial charge in [-0.3, -0.25) is 4.79 Å². The Kier molecular flexibility index (Phi) is 4.58. The van der Waals surface area contributed by atoms with Crippen molar-refractivity contribution in [3.8, 4) is 0 Å². The standard InChI is InChI=1S/C17H17BrN4O2S/c1-2-13-9-15(23)22-16(19-13)25-17(20-22)21-7-8-24-14(10-21)11-3-5-12(18)6-4-11/h3-6,9,14H,2,7-8,10H2,1H3. The third-order valence-electron chi connectivity index (χ3n) is 4.23. The fraction of sp³-hybridized carbons (Fsp3) is 0.353. The molecule has 0 N–H and O–H groups in total. The van der Waals surface area contributed by atoms with Gasteiger partial charge in [0.25, 0.3) is 5.56 Å². The van der Waals surface area contributed by atoms with Gasteiger partial charge in [0.1, 0.15) is 6.10 Å². The third kappa shape index (κ3) is 3.33. The number of halogens is 1. The number of fused-ring (bicyclic) bond motifs is 1. The van der Waals surface area contributed by atoms with Crippen LogP contribution in [0.3, 0.4) is 0 Å². The number of benzene rings is 1. The zero-order valence-electron chi connectivity index (χ0n) is 13.7. The smallest absolute Gasteiger partial charge is 0.275 e. The molecule has 1 fully saturated rings. The number of morpholine rings is 1. The molecule has 1 aliphatic rings. The summed E-state index contributed by atoms with van der Waals surface area (Å²) >= 11 is 4.91. The maximum atomic E-state index is 12.2. The highest BCUT2D eigenvalue weighted by molar-refractivity contribution is 9.10. The van der Waals surface area contributed by atoms with E-state index in [0.29, 0.717) is 18.1 Å². The van der Waals surface area contributed by atoms with Gasteiger partial charge in [0.05, 0.1) is 13.2 Å². The number of ether oxygens (including phenoxy) is 1. The molecule has 1 aromatic carbocycles. The molecule has 0 radical (unpaired) electrons. The molecule has 8 heteroatoms. The van der Waals surface area contributed by atoms with Crippen molar-refractivity contribution in [1.29, 1.82) is 0 Å². The van der Waals surface area contributed by atoms with E-state index in [-0.39, 0.29) is 11.7 Å². The summed E-state index contributed by atoms with van der Waals surface area (Å²) < 4.78 is 8.37. The summed E-state index contributed by atoms with van der Waals surface area (Å²) in [6.45, 7) is 4.07. The van der Waals surface area contributed by atoms with E-state index in [9.17, 15) is 4.79 Å². The number of aryl methyl sites for hydroxylation is 1. The molecule has 0 spiro atoms. The Morgan fingerprint density at radius 1 is 1.36 bits per heavy atom. The van der Waals surface area contributed by atoms with Crippen molar-refractivity contribution in [3.63, 3.8) is 0 Å². The Morgan fingerprint density at radius 2 is 2.16 bits per heavy atom. The highest BCUT2D eigenvalue weighted by Gasteiger charge is 2.25. The third-order valence-corrected chi connectivity index (χ3v) is 5.73. The Hall–Kier alpha value is -1.77. The van der Waals surface area contributed by atoms with E-state index in [1.807, 2.05) is 19.1 Å². The van der Waals surface area contributed by atoms with Gasteiger partial charge in [-0.05, 0) is 24.1 Å². The first-order valence-corrected chi connectivity index (χ1v) is 9.77. The minimum atomic E-state index is -0.123. The van der Waals surface area contributed by atoms with Crippen LogP contribution in [0.15, 0.2) is 39.6 Å². The van der Waals surface area contributed by atoms with Crippen LogP contribution < -0.4 is 10.5 Å². The minimum absolute atomic E-state index is 0.00949. The summed E-state index contributed by atoms with van der Waals surface area (Å²) in [6, 6.07) is 9.73. The lowest BCUT2D eigenvalue weighted by molar-refractivity contribution is 0.0397. The van der Waals surface area contributed by atoms with Gasteiger partial charge in [-0.25, -0.2) is 4.98 Å². The van der Waals surface area contributed by atoms with Crippen molar-refractivity contribution in [2.75, 3.05) is 24.6 Å². The first-order chi connectivity index (χ1) is 12.1. The molecular formula is C17H17BrN4O2S. The summed E-state index contributed by atoms with van der Waals surface area (Å²) in [5, 5.41) is 5.29. The van der Waals surface area contributed by atoms with Crippen LogP contribution >= 0.6 is 27.3 Å². The molecule has 3 aromatic rings. The molecule has 4 rings (SSSR count). The summed E-state index contributed by atoms with van der Waals surface area (Å²) in [5.74, 6) is 0. The number of aromatic nitrogens is 3. The average Bonchev–Trinajstić information content (AvgIpc) is 3.07. The molecule has 25 heavy (non-hydrogen) atoms. The number of anilines is 1. The molecule has 0 saturated carbocycles. The van der Waals surface area contributed by atoms with Crippen LogP contribution in [0.2, 0.25) is 0 Å². The first-order valence-electron chi connectivity index (χ1n) is 8.16. The summed E-state index contributed by atoms with van der Waals surface area (Å²) in [7, 11) is 0. The van der Waals surface area contributed by atoms with Crippen molar-refractivity contribution >= 4 is 37.4 Å². The fourth-order valence-corrected chi connectivity index (χ4v) is 4.08. The van der Waals surface area contributed by atoms with Gasteiger partial charge in [-0.2, -0.15) is 4.52 Å². The zero-order valence-corrected chi connectivity index (χ0v) is 16.1. The molecule has 1 saturated heterocycles. The fourth-order valence-electron chi connectivity index (χ4n) is 2.86. The normalized spacial score (nSPS) is 18.0. The largest absolute Gasteiger partial charge is 0.370 e. The predicted octanol–water partition coefficient (Wildman–Crippen LogP) is 3.05. The summed E-state index contributed by atoms with van der Waals surface area (Å²) in [4.78, 5) is 19.5. The van der Waals surface area contributed by atoms with Gasteiger partial charge < -0.3 is 9.64 Å². The molecule has 2 aromatic heterocycles. The first kappa shape index (κ1) is 16.7. The minimum Gasteiger partial charge on any atom is -0.370 e. The zero-order chi connectivity index (χ0) is 17.4. The second-order valence-corrected chi connectivity index (χ2v) is 7.73. The van der Waals surface area contributed by atoms with Gasteiger partial charge >= 0.3 is 0 Å². The van der Waals surface area contributed by atoms with Crippen LogP contribution in [0, 0.1) is 0 Å². The van der Waals surface area contributed by atoms with Crippen molar-refractivity contribution in [1.82, 2.24) is 14.6 Å². The molecule has 1 aliphatic heterocycles. The highest BCUT2D eigenvalue weighted by Crippen LogP contribution is 2.29. The SMILES string of the molecule is CCc1cc(=O)n2nc(N3CCOC(c4ccc(Br)cc4)C3)sc2n1. The van der Waals surface area contributed by atoms with E-state index in [2.05, 4.69) is 43.0 Å². The number of rotatable bonds is 3. The van der Waals surface area contributed by atoms with Crippen LogP contribution in [0.5, 0.6) is 0 Å². The number of nitrogens with zero attached hydrogens (tertiary/aromatic N) is 4. The van der Waals surface area contributed by atoms with E-state index >= 15 is 0 Å². The topological polar surface area (TPSA) is 59.7 Å². The Morgan fingerprint density at radius 3 is 2.92 bits per heavy atom. The molecule has 0 bridgehead atoms. The highest BCUT2D eigenvalue weighted by atomic mass is 79.9. The van der Waals surface area contributed by atoms with Crippen molar-refractivity contribution in [2.24, 2.45) is 0 Å². The van der Waals surface area contributed by atoms with Crippen molar-refractivity contribution in [3.05, 3.63) is 56.4 Å². The monoisotopic (exact) mass is 420 g/mol. The Bertz CT molecular complexity index is 953. The van der Waals surface area contributed by atoms with Crippen LogP contribution in [-0.4, -0.2) is 34.3 Å². The second kappa shape index (κ2) is 6.86. The van der Waals surface area contributed by atoms with E-state index in [1.54, 1.807) is 6.07 Å². The molecule has 6 nitrogen and oxygen atoms in total. The van der Waals surface area contributed by atoms with E-state index in [4.69, 9.17) is 4.74 Å². The summed E-state index contributed by atoms with van der Waals surface area (Å²) in [5.41, 5.74) is 1.81. The van der Waals surface area contributed by atoms with E-state index in [0.717, 1.165) is 33.8 Å². The second-order valence-electron chi connectivity index (χ2n) is 5.88. The molecule has 1 atom stereocenters. The average molecular weight is 421 g/mol. The summed E-state index contributed by atoms with van der Waals surface area (Å²) in [6.07, 6.45) is 0.729. The maximum absolute atomic E-state index is 12.2. The Labute approximate surface area is 157 Å². The quantitative estimate of drug-likeness (QED) is 0.651. The van der Waals surface area contributed by atoms with Gasteiger partial charge in [0.15, 0.2) is 0 Å². The van der Waals surface area contributed by atoms with Gasteiger partial charge in [-0.1, -0.05) is 46.3 Å². The van der Waals surface area contributed by atoms with Gasteiger partial charge in [0, 0.05) is 22.8 Å². The lowest BCUT2D eigenvalue weighted by Gasteiger charge is -2.32. The number of hydrogen-bond donors (Lipinski definition) is 0. The molecule has 130 valence electrons. The van der Waals surface area contributed by atoms with Crippen LogP contribution in [0.25, 0.3) is 4.96 Å². The molecule has 0 amide bonds. The van der Waals surface area contributed by atoms with Crippen LogP contribution in [0.1, 0.15) is 24.3 Å². The lowest BCUT2D eigenvalue weighted by atomic mass is 10.1. The van der Waals surface area contributed by atoms with Gasteiger partial charge in [-0.15, -0.1) is 5.10 Å². The van der Waals surface area contributed by atoms with Crippen molar-refractivity contribution in [2.45, 2.75) is 19.4 Å². The lowest BCUT2D eigenvalue weighted by Crippen LogP contribution is -2.38. The van der Waals surface area contributed by atoms with Crippen LogP contribution in [0.4, 0.5) is 5.13 Å². The molecule has 0 aliphatic carbocycles. The van der Waals surface area contributed by atoms with E-state index < -0.39 is 0 Å². The number of hydrogen-bond acceptors (Lipinski definition) is 6. The Balaban J connectivity index is 1.63. The molecule has 3 heterocycles. The molecule has 1 unspecified atom stereocenters. The maximum Gasteiger partial charge on any atom is 0.275 e. The molecular weight excluding hydrogens is 404 g/mol. The van der Waals surface area contributed by atoms with Crippen LogP contribution in [-0.2, 0) is 11.2 Å². The van der Waals surface area contributed by atoms with Crippen molar-refractivity contribution < 1.29 is 4.74 Å². The van der Waals surface area contributed by atoms with E-state index in [1.165, 1.54) is 15.9 Å². The van der Waals surface area contributed by atoms with Gasteiger partial charge in [0.2, 0.25) is 10.1 Å². The predicted molar refractivity (Wildman–Crippen MR) is 102 cm³/mol.